The van der Waals surface area contributed by atoms with Crippen LogP contribution in [0.4, 0.5) is 0 Å². The number of hydrogen-bond acceptors (Lipinski definition) is 4. The molecule has 0 aromatic carbocycles. The van der Waals surface area contributed by atoms with Crippen LogP contribution in [0.5, 0.6) is 0 Å². The second-order valence-corrected chi connectivity index (χ2v) is 18.2. The number of hydrogen-bond donors (Lipinski definition) is 1. The van der Waals surface area contributed by atoms with Gasteiger partial charge >= 0.3 is 5.97 Å². The highest BCUT2D eigenvalue weighted by molar-refractivity contribution is 6.74. The van der Waals surface area contributed by atoms with Gasteiger partial charge in [-0.3, -0.25) is 4.79 Å². The van der Waals surface area contributed by atoms with Crippen molar-refractivity contribution in [3.63, 3.8) is 0 Å². The Morgan fingerprint density at radius 3 is 2.39 bits per heavy atom. The van der Waals surface area contributed by atoms with Crippen LogP contribution in [0.2, 0.25) is 18.1 Å². The van der Waals surface area contributed by atoms with Crippen LogP contribution < -0.4 is 0 Å². The van der Waals surface area contributed by atoms with Crippen molar-refractivity contribution in [2.24, 2.45) is 34.5 Å². The summed E-state index contributed by atoms with van der Waals surface area (Å²) in [5.74, 6) is 1.46. The van der Waals surface area contributed by atoms with Crippen LogP contribution in [-0.2, 0) is 14.0 Å². The first kappa shape index (κ1) is 26.9. The Morgan fingerprint density at radius 2 is 1.82 bits per heavy atom. The fourth-order valence-corrected chi connectivity index (χ4v) is 8.31. The van der Waals surface area contributed by atoms with Gasteiger partial charge in [-0.15, -0.1) is 0 Å². The second-order valence-electron chi connectivity index (χ2n) is 13.4. The molecule has 0 aromatic rings. The molecule has 1 N–H and O–H groups in total. The summed E-state index contributed by atoms with van der Waals surface area (Å²) in [5, 5.41) is 10.8. The first-order valence-corrected chi connectivity index (χ1v) is 16.2. The Kier molecular flexibility index (Phi) is 7.69. The van der Waals surface area contributed by atoms with Crippen molar-refractivity contribution >= 4 is 14.3 Å². The third-order valence-electron chi connectivity index (χ3n) is 10.7. The third kappa shape index (κ3) is 5.02. The zero-order chi connectivity index (χ0) is 24.8. The van der Waals surface area contributed by atoms with Crippen LogP contribution in [0.1, 0.15) is 86.5 Å². The lowest BCUT2D eigenvalue weighted by atomic mass is 9.49. The van der Waals surface area contributed by atoms with Gasteiger partial charge in [0, 0.05) is 20.1 Å². The normalized spacial score (nSPS) is 39.9. The zero-order valence-electron chi connectivity index (χ0n) is 22.6. The Hall–Kier alpha value is -0.653. The van der Waals surface area contributed by atoms with Crippen molar-refractivity contribution in [3.8, 4) is 0 Å². The maximum Gasteiger partial charge on any atom is 0.302 e. The van der Waals surface area contributed by atoms with Gasteiger partial charge in [0.25, 0.3) is 0 Å². The van der Waals surface area contributed by atoms with Crippen LogP contribution in [-0.4, -0.2) is 38.7 Å². The molecule has 0 radical (unpaired) electrons. The number of rotatable bonds is 6. The Labute approximate surface area is 204 Å². The molecule has 0 saturated heterocycles. The molecule has 3 aliphatic carbocycles. The predicted molar refractivity (Wildman–Crippen MR) is 137 cm³/mol. The minimum Gasteiger partial charge on any atom is -0.463 e. The number of ether oxygens (including phenoxy) is 1. The largest absolute Gasteiger partial charge is 0.463 e. The first-order valence-electron chi connectivity index (χ1n) is 13.3. The van der Waals surface area contributed by atoms with E-state index in [1.165, 1.54) is 18.9 Å². The summed E-state index contributed by atoms with van der Waals surface area (Å²) in [6, 6.07) is 0. The molecular formula is C28H50O4Si. The highest BCUT2D eigenvalue weighted by Crippen LogP contribution is 2.63. The molecule has 0 bridgehead atoms. The monoisotopic (exact) mass is 478 g/mol. The van der Waals surface area contributed by atoms with Gasteiger partial charge in [0.15, 0.2) is 8.32 Å². The summed E-state index contributed by atoms with van der Waals surface area (Å²) < 4.78 is 12.5. The minimum atomic E-state index is -1.89. The maximum atomic E-state index is 11.7. The van der Waals surface area contributed by atoms with Gasteiger partial charge in [0.1, 0.15) is 6.10 Å². The fourth-order valence-electron chi connectivity index (χ4n) is 7.26. The number of aliphatic hydroxyl groups excluding tert-OH is 1. The van der Waals surface area contributed by atoms with Crippen molar-refractivity contribution in [3.05, 3.63) is 12.2 Å². The van der Waals surface area contributed by atoms with Crippen LogP contribution in [0.25, 0.3) is 0 Å². The maximum absolute atomic E-state index is 11.7. The summed E-state index contributed by atoms with van der Waals surface area (Å²) in [6.45, 7) is 23.3. The molecule has 0 spiro atoms. The molecule has 33 heavy (non-hydrogen) atoms. The fraction of sp³-hybridized carbons (Fsp3) is 0.893. The molecule has 2 unspecified atom stereocenters. The van der Waals surface area contributed by atoms with E-state index in [0.29, 0.717) is 23.7 Å². The van der Waals surface area contributed by atoms with E-state index in [-0.39, 0.29) is 34.5 Å². The van der Waals surface area contributed by atoms with Crippen molar-refractivity contribution < 1.29 is 19.1 Å². The van der Waals surface area contributed by atoms with E-state index in [9.17, 15) is 9.90 Å². The molecule has 7 atom stereocenters. The molecule has 4 nitrogen and oxygen atoms in total. The van der Waals surface area contributed by atoms with E-state index in [0.717, 1.165) is 45.1 Å². The Bertz CT molecular complexity index is 741. The summed E-state index contributed by atoms with van der Waals surface area (Å²) in [7, 11) is -1.89. The van der Waals surface area contributed by atoms with Gasteiger partial charge in [-0.1, -0.05) is 46.8 Å². The van der Waals surface area contributed by atoms with Crippen molar-refractivity contribution in [1.82, 2.24) is 0 Å². The SMILES string of the molecule is C=C1CCC2[C@H](CO)C([C@@]3(C)CC[C@H](OC(C)=O)C[C@@H]3CO[Si](C)(C)C(C)(C)C)CC[C@]12C. The quantitative estimate of drug-likeness (QED) is 0.261. The number of allylic oxidation sites excluding steroid dienone is 1. The molecule has 0 heterocycles. The summed E-state index contributed by atoms with van der Waals surface area (Å²) >= 11 is 0. The van der Waals surface area contributed by atoms with Gasteiger partial charge in [0.05, 0.1) is 0 Å². The average molecular weight is 479 g/mol. The predicted octanol–water partition coefficient (Wildman–Crippen LogP) is 6.74. The molecule has 3 fully saturated rings. The van der Waals surface area contributed by atoms with Crippen molar-refractivity contribution in [2.45, 2.75) is 111 Å². The highest BCUT2D eigenvalue weighted by Gasteiger charge is 2.57. The number of fused-ring (bicyclic) bond motifs is 1. The molecule has 3 rings (SSSR count). The minimum absolute atomic E-state index is 0.0173. The van der Waals surface area contributed by atoms with Crippen LogP contribution >= 0.6 is 0 Å². The number of carbonyl (C=O) groups excluding carboxylic acids is 1. The summed E-state index contributed by atoms with van der Waals surface area (Å²) in [6.07, 6.45) is 7.38. The second kappa shape index (κ2) is 9.42. The van der Waals surface area contributed by atoms with Gasteiger partial charge < -0.3 is 14.3 Å². The lowest BCUT2D eigenvalue weighted by Crippen LogP contribution is -2.53. The molecule has 5 heteroatoms. The number of esters is 1. The van der Waals surface area contributed by atoms with Crippen LogP contribution in [0, 0.1) is 34.5 Å². The highest BCUT2D eigenvalue weighted by atomic mass is 28.4. The van der Waals surface area contributed by atoms with Crippen LogP contribution in [0.3, 0.4) is 0 Å². The lowest BCUT2D eigenvalue weighted by Gasteiger charge is -2.57. The van der Waals surface area contributed by atoms with Gasteiger partial charge in [0.2, 0.25) is 0 Å². The standard InChI is InChI=1S/C28H50O4Si/c1-19-10-11-24-23(17-29)25(13-15-27(19,24)6)28(7)14-12-22(32-20(2)30)16-21(28)18-31-33(8,9)26(3,4)5/h21-25,29H,1,10-18H2,2-9H3/t21-,22+,23+,24?,25?,27-,28+/m1/s1. The van der Waals surface area contributed by atoms with E-state index in [4.69, 9.17) is 9.16 Å². The molecule has 3 saturated carbocycles. The molecular weight excluding hydrogens is 428 g/mol. The van der Waals surface area contributed by atoms with Gasteiger partial charge in [-0.2, -0.15) is 0 Å². The number of aliphatic hydroxyl groups is 1. The van der Waals surface area contributed by atoms with E-state index >= 15 is 0 Å². The Morgan fingerprint density at radius 1 is 1.15 bits per heavy atom. The van der Waals surface area contributed by atoms with Crippen molar-refractivity contribution in [1.29, 1.82) is 0 Å². The molecule has 0 aromatic heterocycles. The molecule has 190 valence electrons. The average Bonchev–Trinajstić information content (AvgIpc) is 3.01. The molecule has 0 aliphatic heterocycles. The summed E-state index contributed by atoms with van der Waals surface area (Å²) in [4.78, 5) is 11.7. The van der Waals surface area contributed by atoms with E-state index in [1.54, 1.807) is 0 Å². The zero-order valence-corrected chi connectivity index (χ0v) is 23.6. The Balaban J connectivity index is 1.88. The van der Waals surface area contributed by atoms with Gasteiger partial charge in [-0.25, -0.2) is 0 Å². The molecule has 0 amide bonds. The van der Waals surface area contributed by atoms with E-state index < -0.39 is 8.32 Å². The molecule has 3 aliphatic rings. The van der Waals surface area contributed by atoms with E-state index in [1.807, 2.05) is 0 Å². The van der Waals surface area contributed by atoms with Crippen LogP contribution in [0.15, 0.2) is 12.2 Å². The lowest BCUT2D eigenvalue weighted by molar-refractivity contribution is -0.156. The smallest absolute Gasteiger partial charge is 0.302 e. The summed E-state index contributed by atoms with van der Waals surface area (Å²) in [5.41, 5.74) is 1.66. The third-order valence-corrected chi connectivity index (χ3v) is 15.2. The van der Waals surface area contributed by atoms with Gasteiger partial charge in [-0.05, 0) is 97.6 Å². The first-order chi connectivity index (χ1) is 15.2. The number of carbonyl (C=O) groups is 1. The topological polar surface area (TPSA) is 55.8 Å². The van der Waals surface area contributed by atoms with E-state index in [2.05, 4.69) is 54.3 Å². The van der Waals surface area contributed by atoms with Crippen molar-refractivity contribution in [2.75, 3.05) is 13.2 Å².